The topological polar surface area (TPSA) is 125 Å². The standard InChI is InChI=1S/C29H33NO9/c1-34-18-8-5-15(13-17(18)31)6-10-21(32)38-20-14-28-11-12-30-23-25(16-7-9-19(35-2)24(33)22(16)28)39-29(37-4,26(23)28)27(20)36-3/h5-10,13,20,23,25-27,30-31,33H,11-12,14H2,1-4H3. The van der Waals surface area contributed by atoms with Gasteiger partial charge in [0.05, 0.1) is 14.2 Å². The molecule has 0 amide bonds. The minimum absolute atomic E-state index is 0.0320. The van der Waals surface area contributed by atoms with Crippen LogP contribution in [0.5, 0.6) is 23.0 Å². The van der Waals surface area contributed by atoms with Crippen molar-refractivity contribution in [3.63, 3.8) is 0 Å². The van der Waals surface area contributed by atoms with Crippen LogP contribution in [-0.4, -0.2) is 75.2 Å². The summed E-state index contributed by atoms with van der Waals surface area (Å²) in [5.41, 5.74) is 1.64. The van der Waals surface area contributed by atoms with Crippen LogP contribution in [0.3, 0.4) is 0 Å². The highest BCUT2D eigenvalue weighted by atomic mass is 16.7. The van der Waals surface area contributed by atoms with E-state index in [1.54, 1.807) is 38.5 Å². The van der Waals surface area contributed by atoms with E-state index in [2.05, 4.69) is 5.32 Å². The zero-order chi connectivity index (χ0) is 27.5. The third-order valence-corrected chi connectivity index (χ3v) is 8.93. The lowest BCUT2D eigenvalue weighted by atomic mass is 9.50. The van der Waals surface area contributed by atoms with Gasteiger partial charge in [-0.2, -0.15) is 0 Å². The summed E-state index contributed by atoms with van der Waals surface area (Å²) >= 11 is 0. The quantitative estimate of drug-likeness (QED) is 0.357. The number of aromatic hydroxyl groups is 2. The van der Waals surface area contributed by atoms with Gasteiger partial charge in [-0.05, 0) is 54.8 Å². The molecule has 2 aromatic carbocycles. The molecule has 10 heteroatoms. The Morgan fingerprint density at radius 2 is 1.87 bits per heavy atom. The van der Waals surface area contributed by atoms with Crippen LogP contribution in [0.1, 0.15) is 35.6 Å². The van der Waals surface area contributed by atoms with Gasteiger partial charge < -0.3 is 44.0 Å². The first kappa shape index (κ1) is 25.9. The second-order valence-electron chi connectivity index (χ2n) is 10.5. The fraction of sp³-hybridized carbons (Fsp3) is 0.483. The van der Waals surface area contributed by atoms with Crippen LogP contribution in [0.15, 0.2) is 36.4 Å². The van der Waals surface area contributed by atoms with Gasteiger partial charge in [-0.25, -0.2) is 4.79 Å². The molecule has 1 saturated carbocycles. The van der Waals surface area contributed by atoms with Crippen molar-refractivity contribution in [3.8, 4) is 23.0 Å². The molecule has 4 aliphatic rings. The summed E-state index contributed by atoms with van der Waals surface area (Å²) in [6.45, 7) is 0.704. The maximum atomic E-state index is 13.1. The zero-order valence-corrected chi connectivity index (χ0v) is 22.3. The maximum absolute atomic E-state index is 13.1. The van der Waals surface area contributed by atoms with Gasteiger partial charge >= 0.3 is 5.97 Å². The minimum Gasteiger partial charge on any atom is -0.504 e. The Morgan fingerprint density at radius 1 is 1.10 bits per heavy atom. The molecule has 7 atom stereocenters. The van der Waals surface area contributed by atoms with Crippen LogP contribution in [0.2, 0.25) is 0 Å². The molecule has 6 rings (SSSR count). The molecule has 208 valence electrons. The molecule has 3 N–H and O–H groups in total. The first-order chi connectivity index (χ1) is 18.8. The van der Waals surface area contributed by atoms with Crippen LogP contribution >= 0.6 is 0 Å². The van der Waals surface area contributed by atoms with E-state index in [1.165, 1.54) is 26.4 Å². The molecule has 10 nitrogen and oxygen atoms in total. The SMILES string of the molecule is COc1ccc(C=CC(=O)OC2CC34CCNC5C(OC(OC)(C2OC)C53)c2ccc(OC)c(O)c24)cc1O. The summed E-state index contributed by atoms with van der Waals surface area (Å²) < 4.78 is 35.5. The Balaban J connectivity index is 1.38. The zero-order valence-electron chi connectivity index (χ0n) is 22.3. The predicted octanol–water partition coefficient (Wildman–Crippen LogP) is 2.80. The van der Waals surface area contributed by atoms with E-state index < -0.39 is 29.4 Å². The molecule has 0 spiro atoms. The van der Waals surface area contributed by atoms with Crippen molar-refractivity contribution in [3.05, 3.63) is 53.1 Å². The van der Waals surface area contributed by atoms with Gasteiger partial charge in [0.15, 0.2) is 23.0 Å². The summed E-state index contributed by atoms with van der Waals surface area (Å²) in [5.74, 6) is -1.22. The number of hydrogen-bond acceptors (Lipinski definition) is 10. The minimum atomic E-state index is -1.22. The van der Waals surface area contributed by atoms with Gasteiger partial charge in [0, 0.05) is 43.2 Å². The number of ether oxygens (including phenoxy) is 6. The van der Waals surface area contributed by atoms with Gasteiger partial charge in [-0.1, -0.05) is 12.1 Å². The van der Waals surface area contributed by atoms with Crippen molar-refractivity contribution in [2.24, 2.45) is 5.92 Å². The van der Waals surface area contributed by atoms with Crippen LogP contribution in [0.25, 0.3) is 6.08 Å². The lowest BCUT2D eigenvalue weighted by Gasteiger charge is -2.59. The fourth-order valence-corrected chi connectivity index (χ4v) is 7.57. The van der Waals surface area contributed by atoms with Crippen molar-refractivity contribution in [2.45, 2.75) is 48.4 Å². The van der Waals surface area contributed by atoms with Gasteiger partial charge in [-0.15, -0.1) is 0 Å². The Morgan fingerprint density at radius 3 is 2.56 bits per heavy atom. The number of carbonyl (C=O) groups is 1. The normalized spacial score (nSPS) is 34.0. The van der Waals surface area contributed by atoms with Gasteiger partial charge in [-0.3, -0.25) is 0 Å². The number of benzene rings is 2. The Bertz CT molecular complexity index is 1330. The highest BCUT2D eigenvalue weighted by molar-refractivity contribution is 5.87. The predicted molar refractivity (Wildman–Crippen MR) is 139 cm³/mol. The lowest BCUT2D eigenvalue weighted by molar-refractivity contribution is -0.323. The van der Waals surface area contributed by atoms with Crippen LogP contribution in [-0.2, 0) is 29.2 Å². The summed E-state index contributed by atoms with van der Waals surface area (Å²) in [7, 11) is 6.14. The Kier molecular flexibility index (Phi) is 6.26. The van der Waals surface area contributed by atoms with Crippen molar-refractivity contribution < 1.29 is 43.4 Å². The largest absolute Gasteiger partial charge is 0.504 e. The van der Waals surface area contributed by atoms with E-state index in [0.29, 0.717) is 36.4 Å². The van der Waals surface area contributed by atoms with E-state index in [1.807, 2.05) is 6.07 Å². The van der Waals surface area contributed by atoms with Crippen molar-refractivity contribution in [1.82, 2.24) is 5.32 Å². The summed E-state index contributed by atoms with van der Waals surface area (Å²) in [6.07, 6.45) is 2.12. The van der Waals surface area contributed by atoms with Crippen molar-refractivity contribution in [1.29, 1.82) is 0 Å². The summed E-state index contributed by atoms with van der Waals surface area (Å²) in [4.78, 5) is 13.1. The number of phenolic OH excluding ortho intramolecular Hbond substituents is 2. The molecule has 2 aromatic rings. The lowest BCUT2D eigenvalue weighted by Crippen LogP contribution is -2.71. The summed E-state index contributed by atoms with van der Waals surface area (Å²) in [6, 6.07) is 8.46. The molecular formula is C29H33NO9. The van der Waals surface area contributed by atoms with Crippen molar-refractivity contribution in [2.75, 3.05) is 35.0 Å². The average Bonchev–Trinajstić information content (AvgIpc) is 3.24. The third kappa shape index (κ3) is 3.58. The van der Waals surface area contributed by atoms with Crippen LogP contribution < -0.4 is 14.8 Å². The first-order valence-corrected chi connectivity index (χ1v) is 13.0. The van der Waals surface area contributed by atoms with Crippen molar-refractivity contribution >= 4 is 12.0 Å². The van der Waals surface area contributed by atoms with E-state index in [0.717, 1.165) is 11.1 Å². The highest BCUT2D eigenvalue weighted by Gasteiger charge is 2.76. The number of hydrogen-bond donors (Lipinski definition) is 3. The van der Waals surface area contributed by atoms with Gasteiger partial charge in [0.25, 0.3) is 0 Å². The molecule has 7 unspecified atom stereocenters. The molecule has 0 aromatic heterocycles. The number of esters is 1. The molecule has 2 heterocycles. The number of fused-ring (bicyclic) bond motifs is 2. The third-order valence-electron chi connectivity index (χ3n) is 8.93. The van der Waals surface area contributed by atoms with E-state index >= 15 is 0 Å². The molecule has 4 bridgehead atoms. The number of rotatable bonds is 7. The molecule has 3 fully saturated rings. The van der Waals surface area contributed by atoms with Gasteiger partial charge in [0.1, 0.15) is 18.3 Å². The maximum Gasteiger partial charge on any atom is 0.331 e. The monoisotopic (exact) mass is 539 g/mol. The molecule has 0 radical (unpaired) electrons. The highest BCUT2D eigenvalue weighted by Crippen LogP contribution is 2.68. The van der Waals surface area contributed by atoms with E-state index in [9.17, 15) is 15.0 Å². The molecule has 2 aliphatic carbocycles. The second-order valence-corrected chi connectivity index (χ2v) is 10.5. The number of piperidine rings is 1. The van der Waals surface area contributed by atoms with E-state index in [4.69, 9.17) is 28.4 Å². The number of carbonyl (C=O) groups excluding carboxylic acids is 1. The first-order valence-electron chi connectivity index (χ1n) is 13.0. The number of methoxy groups -OCH3 is 4. The molecule has 2 aliphatic heterocycles. The van der Waals surface area contributed by atoms with Crippen LogP contribution in [0, 0.1) is 5.92 Å². The fourth-order valence-electron chi connectivity index (χ4n) is 7.57. The second kappa shape index (κ2) is 9.41. The Hall–Kier alpha value is -3.31. The van der Waals surface area contributed by atoms with E-state index in [-0.39, 0.29) is 29.6 Å². The molecule has 2 saturated heterocycles. The summed E-state index contributed by atoms with van der Waals surface area (Å²) in [5, 5.41) is 25.1. The smallest absolute Gasteiger partial charge is 0.331 e. The number of nitrogens with one attached hydrogen (secondary N) is 1. The number of phenols is 2. The van der Waals surface area contributed by atoms with Crippen LogP contribution in [0.4, 0.5) is 0 Å². The molecule has 39 heavy (non-hydrogen) atoms. The molecular weight excluding hydrogens is 506 g/mol. The Labute approximate surface area is 226 Å². The van der Waals surface area contributed by atoms with Gasteiger partial charge in [0.2, 0.25) is 5.79 Å². The average molecular weight is 540 g/mol.